The van der Waals surface area contributed by atoms with Crippen LogP contribution in [-0.2, 0) is 12.0 Å². The first-order valence-electron chi connectivity index (χ1n) is 8.50. The van der Waals surface area contributed by atoms with Gasteiger partial charge in [-0.15, -0.1) is 0 Å². The summed E-state index contributed by atoms with van der Waals surface area (Å²) in [7, 11) is 3.43. The van der Waals surface area contributed by atoms with E-state index in [1.165, 1.54) is 11.6 Å². The zero-order chi connectivity index (χ0) is 17.7. The van der Waals surface area contributed by atoms with Crippen LogP contribution in [0.5, 0.6) is 5.75 Å². The predicted molar refractivity (Wildman–Crippen MR) is 98.5 cm³/mol. The van der Waals surface area contributed by atoms with Crippen LogP contribution in [0.1, 0.15) is 24.0 Å². The van der Waals surface area contributed by atoms with Crippen LogP contribution in [0.2, 0.25) is 0 Å². The van der Waals surface area contributed by atoms with Crippen molar-refractivity contribution in [3.05, 3.63) is 65.5 Å². The Kier molecular flexibility index (Phi) is 5.22. The number of hydrogen-bond donors (Lipinski definition) is 2. The summed E-state index contributed by atoms with van der Waals surface area (Å²) in [6.45, 7) is 1.17. The van der Waals surface area contributed by atoms with Gasteiger partial charge in [-0.3, -0.25) is 4.99 Å². The van der Waals surface area contributed by atoms with Crippen LogP contribution < -0.4 is 15.4 Å². The Hall–Kier alpha value is -2.56. The maximum Gasteiger partial charge on any atom is 0.191 e. The van der Waals surface area contributed by atoms with Gasteiger partial charge in [0, 0.05) is 36.7 Å². The van der Waals surface area contributed by atoms with Crippen LogP contribution in [0.3, 0.4) is 0 Å². The highest BCUT2D eigenvalue weighted by atomic mass is 19.1. The number of aliphatic imine (C=N–C) groups is 1. The first-order chi connectivity index (χ1) is 12.2. The number of nitrogens with one attached hydrogen (secondary N) is 2. The van der Waals surface area contributed by atoms with Crippen molar-refractivity contribution in [2.45, 2.75) is 24.8 Å². The van der Waals surface area contributed by atoms with Crippen molar-refractivity contribution in [2.75, 3.05) is 20.7 Å². The van der Waals surface area contributed by atoms with E-state index in [0.717, 1.165) is 25.1 Å². The second-order valence-corrected chi connectivity index (χ2v) is 6.35. The minimum atomic E-state index is -0.210. The van der Waals surface area contributed by atoms with E-state index in [0.29, 0.717) is 18.1 Å². The number of hydrogen-bond acceptors (Lipinski definition) is 2. The zero-order valence-corrected chi connectivity index (χ0v) is 14.7. The molecule has 4 nitrogen and oxygen atoms in total. The molecule has 1 fully saturated rings. The molecule has 0 aliphatic heterocycles. The molecule has 1 aliphatic rings. The summed E-state index contributed by atoms with van der Waals surface area (Å²) in [6, 6.07) is 14.9. The van der Waals surface area contributed by atoms with Crippen LogP contribution in [0.4, 0.5) is 4.39 Å². The summed E-state index contributed by atoms with van der Waals surface area (Å²) in [5.74, 6) is 1.39. The lowest BCUT2D eigenvalue weighted by molar-refractivity contribution is 0.403. The number of benzene rings is 2. The molecule has 1 aliphatic carbocycles. The number of ether oxygens (including phenoxy) is 1. The SMILES string of the molecule is CN=C(NCc1ccccc1F)NCC1(c2ccccc2OC)CC1. The average molecular weight is 341 g/mol. The van der Waals surface area contributed by atoms with E-state index in [4.69, 9.17) is 4.74 Å². The Morgan fingerprint density at radius 2 is 1.84 bits per heavy atom. The fourth-order valence-electron chi connectivity index (χ4n) is 3.07. The molecule has 2 aromatic rings. The van der Waals surface area contributed by atoms with E-state index in [-0.39, 0.29) is 11.2 Å². The molecule has 0 amide bonds. The van der Waals surface area contributed by atoms with Crippen LogP contribution in [0.15, 0.2) is 53.5 Å². The highest BCUT2D eigenvalue weighted by Crippen LogP contribution is 2.50. The molecule has 0 aromatic heterocycles. The fraction of sp³-hybridized carbons (Fsp3) is 0.350. The smallest absolute Gasteiger partial charge is 0.191 e. The van der Waals surface area contributed by atoms with Gasteiger partial charge in [0.15, 0.2) is 5.96 Å². The molecular weight excluding hydrogens is 317 g/mol. The van der Waals surface area contributed by atoms with Crippen LogP contribution >= 0.6 is 0 Å². The van der Waals surface area contributed by atoms with Gasteiger partial charge < -0.3 is 15.4 Å². The monoisotopic (exact) mass is 341 g/mol. The molecule has 0 saturated heterocycles. The molecule has 2 N–H and O–H groups in total. The summed E-state index contributed by atoms with van der Waals surface area (Å²) >= 11 is 0. The maximum atomic E-state index is 13.7. The molecule has 0 heterocycles. The average Bonchev–Trinajstić information content (AvgIpc) is 3.44. The van der Waals surface area contributed by atoms with Crippen molar-refractivity contribution in [3.8, 4) is 5.75 Å². The molecule has 3 rings (SSSR count). The van der Waals surface area contributed by atoms with Crippen molar-refractivity contribution in [1.82, 2.24) is 10.6 Å². The molecule has 0 atom stereocenters. The van der Waals surface area contributed by atoms with Gasteiger partial charge in [0.2, 0.25) is 0 Å². The lowest BCUT2D eigenvalue weighted by Crippen LogP contribution is -2.41. The van der Waals surface area contributed by atoms with Gasteiger partial charge in [-0.1, -0.05) is 36.4 Å². The molecule has 5 heteroatoms. The summed E-state index contributed by atoms with van der Waals surface area (Å²) < 4.78 is 19.2. The number of nitrogens with zero attached hydrogens (tertiary/aromatic N) is 1. The largest absolute Gasteiger partial charge is 0.496 e. The predicted octanol–water partition coefficient (Wildman–Crippen LogP) is 3.23. The van der Waals surface area contributed by atoms with Gasteiger partial charge in [0.05, 0.1) is 7.11 Å². The standard InChI is InChI=1S/C20H24FN3O/c1-22-19(23-13-15-7-3-5-9-17(15)21)24-14-20(11-12-20)16-8-4-6-10-18(16)25-2/h3-10H,11-14H2,1-2H3,(H2,22,23,24). The Balaban J connectivity index is 1.61. The quantitative estimate of drug-likeness (QED) is 0.626. The van der Waals surface area contributed by atoms with Crippen LogP contribution in [-0.4, -0.2) is 26.7 Å². The molecule has 0 unspecified atom stereocenters. The number of rotatable bonds is 6. The van der Waals surface area contributed by atoms with Gasteiger partial charge in [0.1, 0.15) is 11.6 Å². The van der Waals surface area contributed by atoms with E-state index < -0.39 is 0 Å². The molecule has 0 bridgehead atoms. The summed E-state index contributed by atoms with van der Waals surface area (Å²) in [4.78, 5) is 4.24. The molecule has 132 valence electrons. The molecule has 0 spiro atoms. The second-order valence-electron chi connectivity index (χ2n) is 6.35. The highest BCUT2D eigenvalue weighted by molar-refractivity contribution is 5.79. The van der Waals surface area contributed by atoms with Gasteiger partial charge in [-0.25, -0.2) is 4.39 Å². The molecule has 2 aromatic carbocycles. The third kappa shape index (κ3) is 3.92. The Bertz CT molecular complexity index is 756. The van der Waals surface area contributed by atoms with Gasteiger partial charge in [-0.05, 0) is 25.0 Å². The third-order valence-electron chi connectivity index (χ3n) is 4.75. The van der Waals surface area contributed by atoms with Crippen molar-refractivity contribution in [3.63, 3.8) is 0 Å². The van der Waals surface area contributed by atoms with Crippen molar-refractivity contribution >= 4 is 5.96 Å². The van der Waals surface area contributed by atoms with Crippen molar-refractivity contribution in [2.24, 2.45) is 4.99 Å². The normalized spacial score (nSPS) is 15.6. The first kappa shape index (κ1) is 17.3. The summed E-state index contributed by atoms with van der Waals surface area (Å²) in [6.07, 6.45) is 2.23. The van der Waals surface area contributed by atoms with E-state index in [1.54, 1.807) is 26.3 Å². The maximum absolute atomic E-state index is 13.7. The van der Waals surface area contributed by atoms with Crippen LogP contribution in [0, 0.1) is 5.82 Å². The van der Waals surface area contributed by atoms with E-state index >= 15 is 0 Å². The summed E-state index contributed by atoms with van der Waals surface area (Å²) in [5.41, 5.74) is 1.94. The van der Waals surface area contributed by atoms with E-state index in [9.17, 15) is 4.39 Å². The lowest BCUT2D eigenvalue weighted by Gasteiger charge is -2.21. The Morgan fingerprint density at radius 3 is 2.52 bits per heavy atom. The zero-order valence-electron chi connectivity index (χ0n) is 14.7. The lowest BCUT2D eigenvalue weighted by atomic mass is 9.95. The van der Waals surface area contributed by atoms with E-state index in [1.807, 2.05) is 24.3 Å². The Morgan fingerprint density at radius 1 is 1.12 bits per heavy atom. The fourth-order valence-corrected chi connectivity index (χ4v) is 3.07. The van der Waals surface area contributed by atoms with E-state index in [2.05, 4.69) is 21.7 Å². The molecule has 25 heavy (non-hydrogen) atoms. The van der Waals surface area contributed by atoms with Crippen molar-refractivity contribution < 1.29 is 9.13 Å². The number of guanidine groups is 1. The van der Waals surface area contributed by atoms with Crippen LogP contribution in [0.25, 0.3) is 0 Å². The highest BCUT2D eigenvalue weighted by Gasteiger charge is 2.46. The van der Waals surface area contributed by atoms with Gasteiger partial charge in [-0.2, -0.15) is 0 Å². The first-order valence-corrected chi connectivity index (χ1v) is 8.50. The number of methoxy groups -OCH3 is 1. The second kappa shape index (κ2) is 7.55. The van der Waals surface area contributed by atoms with Crippen molar-refractivity contribution in [1.29, 1.82) is 0 Å². The summed E-state index contributed by atoms with van der Waals surface area (Å²) in [5, 5.41) is 6.55. The van der Waals surface area contributed by atoms with Gasteiger partial charge in [0.25, 0.3) is 0 Å². The number of para-hydroxylation sites is 1. The molecule has 1 saturated carbocycles. The topological polar surface area (TPSA) is 45.7 Å². The third-order valence-corrected chi connectivity index (χ3v) is 4.75. The van der Waals surface area contributed by atoms with Gasteiger partial charge >= 0.3 is 0 Å². The number of halogens is 1. The minimum absolute atomic E-state index is 0.0855. The Labute approximate surface area is 148 Å². The minimum Gasteiger partial charge on any atom is -0.496 e. The molecule has 0 radical (unpaired) electrons. The molecular formula is C20H24FN3O.